The third-order valence-electron chi connectivity index (χ3n) is 4.32. The van der Waals surface area contributed by atoms with Crippen LogP contribution in [0.2, 0.25) is 0 Å². The highest BCUT2D eigenvalue weighted by molar-refractivity contribution is 6.07. The van der Waals surface area contributed by atoms with Gasteiger partial charge in [-0.2, -0.15) is 0 Å². The van der Waals surface area contributed by atoms with Crippen molar-refractivity contribution in [3.8, 4) is 5.75 Å². The fourth-order valence-corrected chi connectivity index (χ4v) is 3.04. The van der Waals surface area contributed by atoms with Crippen molar-refractivity contribution in [2.75, 3.05) is 19.0 Å². The second kappa shape index (κ2) is 7.51. The number of hydrogen-bond acceptors (Lipinski definition) is 4. The molecular weight excluding hydrogens is 342 g/mol. The van der Waals surface area contributed by atoms with Gasteiger partial charge in [0.25, 0.3) is 0 Å². The normalized spacial score (nSPS) is 11.0. The molecule has 0 aliphatic heterocycles. The highest BCUT2D eigenvalue weighted by Gasteiger charge is 2.14. The molecule has 5 nitrogen and oxygen atoms in total. The molecule has 136 valence electrons. The first-order valence-corrected chi connectivity index (χ1v) is 8.65. The van der Waals surface area contributed by atoms with Crippen LogP contribution in [0.25, 0.3) is 21.9 Å². The van der Waals surface area contributed by atoms with Crippen molar-refractivity contribution in [2.24, 2.45) is 0 Å². The summed E-state index contributed by atoms with van der Waals surface area (Å²) in [5.41, 5.74) is 3.06. The van der Waals surface area contributed by atoms with E-state index in [1.165, 1.54) is 0 Å². The Kier molecular flexibility index (Phi) is 4.77. The highest BCUT2D eigenvalue weighted by atomic mass is 16.5. The Hall–Kier alpha value is -3.31. The van der Waals surface area contributed by atoms with E-state index >= 15 is 0 Å². The number of benzene rings is 3. The maximum atomic E-state index is 12.3. The molecule has 0 aliphatic carbocycles. The first-order valence-electron chi connectivity index (χ1n) is 8.65. The summed E-state index contributed by atoms with van der Waals surface area (Å²) in [6.45, 7) is 0.338. The van der Waals surface area contributed by atoms with E-state index in [1.807, 2.05) is 60.7 Å². The van der Waals surface area contributed by atoms with E-state index in [4.69, 9.17) is 13.9 Å². The van der Waals surface area contributed by atoms with Crippen LogP contribution < -0.4 is 10.1 Å². The molecule has 4 rings (SSSR count). The number of para-hydroxylation sites is 1. The van der Waals surface area contributed by atoms with E-state index < -0.39 is 0 Å². The third kappa shape index (κ3) is 3.64. The Morgan fingerprint density at radius 1 is 0.963 bits per heavy atom. The van der Waals surface area contributed by atoms with Crippen LogP contribution in [0.15, 0.2) is 71.1 Å². The lowest BCUT2D eigenvalue weighted by atomic mass is 10.1. The molecule has 0 radical (unpaired) electrons. The number of methoxy groups -OCH3 is 1. The number of rotatable bonds is 6. The number of carbonyl (C=O) groups is 1. The summed E-state index contributed by atoms with van der Waals surface area (Å²) in [6, 6.07) is 21.2. The zero-order valence-electron chi connectivity index (χ0n) is 14.9. The molecule has 0 aliphatic rings. The van der Waals surface area contributed by atoms with Crippen molar-refractivity contribution in [2.45, 2.75) is 6.61 Å². The van der Waals surface area contributed by atoms with Crippen LogP contribution in [-0.2, 0) is 16.1 Å². The van der Waals surface area contributed by atoms with Gasteiger partial charge in [0.1, 0.15) is 23.5 Å². The lowest BCUT2D eigenvalue weighted by Gasteiger charge is -2.10. The molecule has 0 bridgehead atoms. The fraction of sp³-hybridized carbons (Fsp3) is 0.136. The van der Waals surface area contributed by atoms with Gasteiger partial charge in [0.2, 0.25) is 5.91 Å². The molecule has 0 saturated carbocycles. The summed E-state index contributed by atoms with van der Waals surface area (Å²) in [4.78, 5) is 12.3. The number of furan rings is 1. The van der Waals surface area contributed by atoms with Crippen LogP contribution in [0.5, 0.6) is 5.75 Å². The van der Waals surface area contributed by atoms with Crippen molar-refractivity contribution in [3.63, 3.8) is 0 Å². The minimum Gasteiger partial charge on any atom is -0.495 e. The maximum Gasteiger partial charge on any atom is 0.250 e. The lowest BCUT2D eigenvalue weighted by Crippen LogP contribution is -2.18. The van der Waals surface area contributed by atoms with Gasteiger partial charge in [0.15, 0.2) is 0 Å². The summed E-state index contributed by atoms with van der Waals surface area (Å²) in [7, 11) is 1.57. The summed E-state index contributed by atoms with van der Waals surface area (Å²) >= 11 is 0. The van der Waals surface area contributed by atoms with Crippen molar-refractivity contribution >= 4 is 33.5 Å². The summed E-state index contributed by atoms with van der Waals surface area (Å²) in [6.07, 6.45) is 0. The van der Waals surface area contributed by atoms with Crippen LogP contribution in [0.4, 0.5) is 5.69 Å². The molecule has 0 spiro atoms. The quantitative estimate of drug-likeness (QED) is 0.538. The SMILES string of the molecule is COc1cc2c(cc1NC(=O)COCc1ccccc1)oc1ccccc12. The monoisotopic (exact) mass is 361 g/mol. The molecule has 1 aromatic heterocycles. The first-order chi connectivity index (χ1) is 13.2. The minimum absolute atomic E-state index is 0.0454. The second-order valence-electron chi connectivity index (χ2n) is 6.17. The first kappa shape index (κ1) is 17.1. The van der Waals surface area contributed by atoms with E-state index in [1.54, 1.807) is 13.2 Å². The van der Waals surface area contributed by atoms with E-state index in [0.29, 0.717) is 23.6 Å². The van der Waals surface area contributed by atoms with Crippen molar-refractivity contribution in [3.05, 3.63) is 72.3 Å². The van der Waals surface area contributed by atoms with E-state index in [2.05, 4.69) is 5.32 Å². The highest BCUT2D eigenvalue weighted by Crippen LogP contribution is 2.36. The van der Waals surface area contributed by atoms with Gasteiger partial charge >= 0.3 is 0 Å². The fourth-order valence-electron chi connectivity index (χ4n) is 3.04. The Balaban J connectivity index is 1.50. The number of fused-ring (bicyclic) bond motifs is 3. The van der Waals surface area contributed by atoms with Crippen LogP contribution in [0.1, 0.15) is 5.56 Å². The number of nitrogens with one attached hydrogen (secondary N) is 1. The average Bonchev–Trinajstić information content (AvgIpc) is 3.05. The Bertz CT molecular complexity index is 1090. The summed E-state index contributed by atoms with van der Waals surface area (Å²) in [5.74, 6) is 0.324. The number of anilines is 1. The molecule has 1 N–H and O–H groups in total. The van der Waals surface area contributed by atoms with Crippen LogP contribution in [0.3, 0.4) is 0 Å². The zero-order chi connectivity index (χ0) is 18.6. The number of ether oxygens (including phenoxy) is 2. The topological polar surface area (TPSA) is 60.7 Å². The number of carbonyl (C=O) groups excluding carboxylic acids is 1. The van der Waals surface area contributed by atoms with Crippen molar-refractivity contribution < 1.29 is 18.7 Å². The van der Waals surface area contributed by atoms with Gasteiger partial charge in [-0.05, 0) is 17.7 Å². The molecule has 27 heavy (non-hydrogen) atoms. The van der Waals surface area contributed by atoms with E-state index in [9.17, 15) is 4.79 Å². The Morgan fingerprint density at radius 3 is 2.56 bits per heavy atom. The Morgan fingerprint density at radius 2 is 1.74 bits per heavy atom. The Labute approximate surface area is 156 Å². The predicted molar refractivity (Wildman–Crippen MR) is 105 cm³/mol. The van der Waals surface area contributed by atoms with Crippen LogP contribution >= 0.6 is 0 Å². The van der Waals surface area contributed by atoms with Gasteiger partial charge in [-0.15, -0.1) is 0 Å². The van der Waals surface area contributed by atoms with Gasteiger partial charge in [-0.25, -0.2) is 0 Å². The molecule has 0 saturated heterocycles. The molecule has 0 atom stereocenters. The molecule has 4 aromatic rings. The third-order valence-corrected chi connectivity index (χ3v) is 4.32. The lowest BCUT2D eigenvalue weighted by molar-refractivity contribution is -0.121. The average molecular weight is 361 g/mol. The minimum atomic E-state index is -0.250. The van der Waals surface area contributed by atoms with Gasteiger partial charge in [-0.1, -0.05) is 48.5 Å². The van der Waals surface area contributed by atoms with Gasteiger partial charge in [0, 0.05) is 16.8 Å². The molecule has 1 amide bonds. The van der Waals surface area contributed by atoms with E-state index in [-0.39, 0.29) is 12.5 Å². The largest absolute Gasteiger partial charge is 0.495 e. The molecule has 0 unspecified atom stereocenters. The zero-order valence-corrected chi connectivity index (χ0v) is 14.9. The maximum absolute atomic E-state index is 12.3. The van der Waals surface area contributed by atoms with Crippen molar-refractivity contribution in [1.82, 2.24) is 0 Å². The number of hydrogen-bond donors (Lipinski definition) is 1. The molecule has 1 heterocycles. The number of amides is 1. The standard InChI is InChI=1S/C22H19NO4/c1-25-21-11-17-16-9-5-6-10-19(16)27-20(17)12-18(21)23-22(24)14-26-13-15-7-3-2-4-8-15/h2-12H,13-14H2,1H3,(H,23,24). The molecule has 0 fully saturated rings. The smallest absolute Gasteiger partial charge is 0.250 e. The van der Waals surface area contributed by atoms with Gasteiger partial charge < -0.3 is 19.2 Å². The molecule has 3 aromatic carbocycles. The van der Waals surface area contributed by atoms with Crippen molar-refractivity contribution in [1.29, 1.82) is 0 Å². The molecule has 5 heteroatoms. The van der Waals surface area contributed by atoms with Gasteiger partial charge in [-0.3, -0.25) is 4.79 Å². The van der Waals surface area contributed by atoms with Crippen LogP contribution in [-0.4, -0.2) is 19.6 Å². The van der Waals surface area contributed by atoms with Crippen LogP contribution in [0, 0.1) is 0 Å². The van der Waals surface area contributed by atoms with E-state index in [0.717, 1.165) is 21.9 Å². The molecular formula is C22H19NO4. The summed E-state index contributed by atoms with van der Waals surface area (Å²) < 4.78 is 16.8. The second-order valence-corrected chi connectivity index (χ2v) is 6.17. The summed E-state index contributed by atoms with van der Waals surface area (Å²) in [5, 5.41) is 4.79. The predicted octanol–water partition coefficient (Wildman–Crippen LogP) is 4.75. The van der Waals surface area contributed by atoms with Gasteiger partial charge in [0.05, 0.1) is 19.4 Å².